The van der Waals surface area contributed by atoms with Gasteiger partial charge in [0.25, 0.3) is 0 Å². The van der Waals surface area contributed by atoms with Crippen molar-refractivity contribution in [3.05, 3.63) is 23.6 Å². The highest BCUT2D eigenvalue weighted by Crippen LogP contribution is 2.38. The summed E-state index contributed by atoms with van der Waals surface area (Å²) < 4.78 is 0.548. The molecule has 0 spiro atoms. The van der Waals surface area contributed by atoms with E-state index in [9.17, 15) is 10.1 Å². The highest BCUT2D eigenvalue weighted by Gasteiger charge is 2.23. The van der Waals surface area contributed by atoms with Crippen LogP contribution in [0.5, 0.6) is 0 Å². The van der Waals surface area contributed by atoms with Gasteiger partial charge in [0, 0.05) is 0 Å². The average Bonchev–Trinajstić information content (AvgIpc) is 2.27. The molecular formula is C5ClIN2O2S. The molecule has 0 saturated heterocycles. The van der Waals surface area contributed by atoms with Gasteiger partial charge in [0.1, 0.15) is 16.7 Å². The van der Waals surface area contributed by atoms with Gasteiger partial charge in [0.2, 0.25) is 0 Å². The molecule has 0 amide bonds. The number of nitriles is 1. The van der Waals surface area contributed by atoms with Crippen LogP contribution in [0.25, 0.3) is 0 Å². The summed E-state index contributed by atoms with van der Waals surface area (Å²) in [5.41, 5.74) is 0.189. The molecule has 0 N–H and O–H groups in total. The van der Waals surface area contributed by atoms with Gasteiger partial charge in [-0.1, -0.05) is 22.9 Å². The van der Waals surface area contributed by atoms with Crippen LogP contribution in [0.3, 0.4) is 0 Å². The van der Waals surface area contributed by atoms with Gasteiger partial charge in [-0.15, -0.1) is 0 Å². The third kappa shape index (κ3) is 1.53. The minimum atomic E-state index is -0.587. The minimum absolute atomic E-state index is 0.0584. The SMILES string of the molecule is N#Cc1c(I)sc([N+](=O)[O-])c1Cl. The molecule has 62 valence electrons. The summed E-state index contributed by atoms with van der Waals surface area (Å²) in [7, 11) is 0. The van der Waals surface area contributed by atoms with Crippen LogP contribution in [0, 0.1) is 24.3 Å². The van der Waals surface area contributed by atoms with Crippen LogP contribution in [0.2, 0.25) is 5.02 Å². The molecule has 0 unspecified atom stereocenters. The second-order valence-electron chi connectivity index (χ2n) is 1.74. The van der Waals surface area contributed by atoms with Gasteiger partial charge < -0.3 is 0 Å². The van der Waals surface area contributed by atoms with E-state index in [-0.39, 0.29) is 15.6 Å². The highest BCUT2D eigenvalue weighted by molar-refractivity contribution is 14.1. The largest absolute Gasteiger partial charge is 0.345 e. The van der Waals surface area contributed by atoms with Crippen LogP contribution in [0.4, 0.5) is 5.00 Å². The number of thiophene rings is 1. The fourth-order valence-corrected chi connectivity index (χ4v) is 2.82. The molecule has 0 saturated carbocycles. The van der Waals surface area contributed by atoms with Crippen LogP contribution in [-0.4, -0.2) is 4.92 Å². The van der Waals surface area contributed by atoms with Crippen molar-refractivity contribution in [1.82, 2.24) is 0 Å². The van der Waals surface area contributed by atoms with Crippen molar-refractivity contribution >= 4 is 50.5 Å². The van der Waals surface area contributed by atoms with Crippen LogP contribution in [0.1, 0.15) is 5.56 Å². The summed E-state index contributed by atoms with van der Waals surface area (Å²) in [6.07, 6.45) is 0. The van der Waals surface area contributed by atoms with E-state index in [0.717, 1.165) is 11.3 Å². The molecule has 0 atom stereocenters. The Morgan fingerprint density at radius 2 is 2.33 bits per heavy atom. The Morgan fingerprint density at radius 1 is 1.75 bits per heavy atom. The number of hydrogen-bond acceptors (Lipinski definition) is 4. The Hall–Kier alpha value is -0.390. The van der Waals surface area contributed by atoms with Gasteiger partial charge >= 0.3 is 5.00 Å². The first-order valence-electron chi connectivity index (χ1n) is 2.60. The first-order chi connectivity index (χ1) is 5.57. The van der Waals surface area contributed by atoms with Gasteiger partial charge in [0.05, 0.1) is 7.81 Å². The predicted octanol–water partition coefficient (Wildman–Crippen LogP) is 2.79. The van der Waals surface area contributed by atoms with E-state index in [1.807, 2.05) is 22.6 Å². The van der Waals surface area contributed by atoms with Crippen LogP contribution < -0.4 is 0 Å². The Morgan fingerprint density at radius 3 is 2.58 bits per heavy atom. The van der Waals surface area contributed by atoms with Crippen molar-refractivity contribution in [2.75, 3.05) is 0 Å². The van der Waals surface area contributed by atoms with Crippen molar-refractivity contribution in [3.63, 3.8) is 0 Å². The van der Waals surface area contributed by atoms with Crippen molar-refractivity contribution in [1.29, 1.82) is 5.26 Å². The Bertz CT molecular complexity index is 384. The number of nitrogens with zero attached hydrogens (tertiary/aromatic N) is 2. The molecule has 0 aliphatic heterocycles. The van der Waals surface area contributed by atoms with E-state index in [0.29, 0.717) is 2.88 Å². The third-order valence-corrected chi connectivity index (χ3v) is 3.68. The number of halogens is 2. The Labute approximate surface area is 90.0 Å². The average molecular weight is 314 g/mol. The van der Waals surface area contributed by atoms with E-state index in [1.54, 1.807) is 6.07 Å². The molecular weight excluding hydrogens is 314 g/mol. The maximum absolute atomic E-state index is 10.3. The van der Waals surface area contributed by atoms with Crippen molar-refractivity contribution in [2.24, 2.45) is 0 Å². The summed E-state index contributed by atoms with van der Waals surface area (Å²) in [5, 5.41) is 18.6. The second kappa shape index (κ2) is 3.55. The van der Waals surface area contributed by atoms with E-state index >= 15 is 0 Å². The normalized spacial score (nSPS) is 9.42. The van der Waals surface area contributed by atoms with Crippen molar-refractivity contribution in [2.45, 2.75) is 0 Å². The minimum Gasteiger partial charge on any atom is -0.257 e. The Kier molecular flexibility index (Phi) is 2.87. The first kappa shape index (κ1) is 9.70. The topological polar surface area (TPSA) is 66.9 Å². The number of hydrogen-bond donors (Lipinski definition) is 0. The van der Waals surface area contributed by atoms with Crippen LogP contribution >= 0.6 is 45.5 Å². The maximum atomic E-state index is 10.3. The Balaban J connectivity index is 3.39. The molecule has 0 aliphatic carbocycles. The lowest BCUT2D eigenvalue weighted by Crippen LogP contribution is -1.83. The molecule has 12 heavy (non-hydrogen) atoms. The van der Waals surface area contributed by atoms with Crippen molar-refractivity contribution < 1.29 is 4.92 Å². The maximum Gasteiger partial charge on any atom is 0.345 e. The van der Waals surface area contributed by atoms with Gasteiger partial charge in [-0.2, -0.15) is 5.26 Å². The van der Waals surface area contributed by atoms with E-state index in [2.05, 4.69) is 0 Å². The zero-order valence-electron chi connectivity index (χ0n) is 5.38. The molecule has 0 aromatic carbocycles. The second-order valence-corrected chi connectivity index (χ2v) is 4.93. The quantitative estimate of drug-likeness (QED) is 0.455. The van der Waals surface area contributed by atoms with E-state index in [4.69, 9.17) is 16.9 Å². The predicted molar refractivity (Wildman–Crippen MR) is 53.4 cm³/mol. The fourth-order valence-electron chi connectivity index (χ4n) is 0.584. The summed E-state index contributed by atoms with van der Waals surface area (Å²) in [5.74, 6) is 0. The zero-order chi connectivity index (χ0) is 9.30. The zero-order valence-corrected chi connectivity index (χ0v) is 9.11. The van der Waals surface area contributed by atoms with Gasteiger partial charge in [-0.3, -0.25) is 10.1 Å². The summed E-state index contributed by atoms with van der Waals surface area (Å²) >= 11 is 8.32. The summed E-state index contributed by atoms with van der Waals surface area (Å²) in [4.78, 5) is 9.73. The van der Waals surface area contributed by atoms with Gasteiger partial charge in [-0.05, 0) is 22.6 Å². The highest BCUT2D eigenvalue weighted by atomic mass is 127. The monoisotopic (exact) mass is 314 g/mol. The molecule has 1 aromatic heterocycles. The lowest BCUT2D eigenvalue weighted by Gasteiger charge is -1.83. The molecule has 0 radical (unpaired) electrons. The standard InChI is InChI=1S/C5ClIN2O2S/c6-3-2(1-8)4(7)12-5(3)9(10)11. The molecule has 0 aliphatic rings. The van der Waals surface area contributed by atoms with E-state index < -0.39 is 4.92 Å². The lowest BCUT2D eigenvalue weighted by atomic mass is 10.4. The van der Waals surface area contributed by atoms with Gasteiger partial charge in [0.15, 0.2) is 0 Å². The molecule has 1 rings (SSSR count). The van der Waals surface area contributed by atoms with Crippen LogP contribution in [0.15, 0.2) is 0 Å². The summed E-state index contributed by atoms with van der Waals surface area (Å²) in [6, 6.07) is 1.81. The summed E-state index contributed by atoms with van der Waals surface area (Å²) in [6.45, 7) is 0. The molecule has 1 heterocycles. The smallest absolute Gasteiger partial charge is 0.257 e. The third-order valence-electron chi connectivity index (χ3n) is 1.07. The molecule has 0 bridgehead atoms. The van der Waals surface area contributed by atoms with Crippen LogP contribution in [-0.2, 0) is 0 Å². The fraction of sp³-hybridized carbons (Fsp3) is 0. The van der Waals surface area contributed by atoms with Crippen molar-refractivity contribution in [3.8, 4) is 6.07 Å². The van der Waals surface area contributed by atoms with E-state index in [1.165, 1.54) is 0 Å². The molecule has 0 fully saturated rings. The first-order valence-corrected chi connectivity index (χ1v) is 4.87. The lowest BCUT2D eigenvalue weighted by molar-refractivity contribution is -0.380. The number of nitro groups is 1. The molecule has 1 aromatic rings. The molecule has 4 nitrogen and oxygen atoms in total. The van der Waals surface area contributed by atoms with Gasteiger partial charge in [-0.25, -0.2) is 0 Å². The number of rotatable bonds is 1. The molecule has 7 heteroatoms.